The molecule has 2 heterocycles. The molecule has 0 aliphatic carbocycles. The molecule has 0 saturated carbocycles. The van der Waals surface area contributed by atoms with Gasteiger partial charge in [-0.3, -0.25) is 24.1 Å². The lowest BCUT2D eigenvalue weighted by Gasteiger charge is -2.27. The molecule has 10 nitrogen and oxygen atoms in total. The number of carbonyl (C=O) groups is 5. The summed E-state index contributed by atoms with van der Waals surface area (Å²) in [5.41, 5.74) is 0. The van der Waals surface area contributed by atoms with Gasteiger partial charge in [0, 0.05) is 38.4 Å². The Hall–Kier alpha value is -2.49. The van der Waals surface area contributed by atoms with Crippen LogP contribution in [0.5, 0.6) is 0 Å². The highest BCUT2D eigenvalue weighted by Crippen LogP contribution is 2.19. The zero-order chi connectivity index (χ0) is 21.6. The summed E-state index contributed by atoms with van der Waals surface area (Å²) in [5, 5.41) is 5.60. The molecule has 2 aliphatic rings. The van der Waals surface area contributed by atoms with Gasteiger partial charge in [0.1, 0.15) is 0 Å². The van der Waals surface area contributed by atoms with E-state index < -0.39 is 29.7 Å². The molecule has 2 rings (SSSR count). The van der Waals surface area contributed by atoms with Gasteiger partial charge in [0.15, 0.2) is 0 Å². The predicted molar refractivity (Wildman–Crippen MR) is 97.3 cm³/mol. The summed E-state index contributed by atoms with van der Waals surface area (Å²) >= 11 is 0. The second kappa shape index (κ2) is 10.2. The minimum atomic E-state index is -1.31. The van der Waals surface area contributed by atoms with Crippen molar-refractivity contribution in [3.8, 4) is 0 Å². The molecule has 0 radical (unpaired) electrons. The van der Waals surface area contributed by atoms with Gasteiger partial charge >= 0.3 is 5.97 Å². The van der Waals surface area contributed by atoms with Crippen LogP contribution >= 0.6 is 0 Å². The fourth-order valence-electron chi connectivity index (χ4n) is 3.10. The number of rotatable bonds is 9. The number of carbonyl (C=O) groups excluding carboxylic acids is 5. The molecule has 2 N–H and O–H groups in total. The van der Waals surface area contributed by atoms with E-state index in [-0.39, 0.29) is 50.7 Å². The SMILES string of the molecule is [2H]C1(C(=O)NCCC(=O)NCCC(=O)ON2C(=O)CCC2=O)CCCN1C(C)C. The van der Waals surface area contributed by atoms with E-state index in [1.54, 1.807) is 0 Å². The topological polar surface area (TPSA) is 125 Å². The van der Waals surface area contributed by atoms with Crippen molar-refractivity contribution in [3.63, 3.8) is 0 Å². The van der Waals surface area contributed by atoms with Crippen molar-refractivity contribution in [2.75, 3.05) is 19.6 Å². The summed E-state index contributed by atoms with van der Waals surface area (Å²) in [4.78, 5) is 65.1. The number of hydrogen-bond acceptors (Lipinski definition) is 7. The van der Waals surface area contributed by atoms with Crippen LogP contribution in [0, 0.1) is 0 Å². The molecular formula is C18H28N4O6. The van der Waals surface area contributed by atoms with Crippen molar-refractivity contribution in [2.45, 2.75) is 64.4 Å². The van der Waals surface area contributed by atoms with Crippen molar-refractivity contribution in [1.29, 1.82) is 0 Å². The van der Waals surface area contributed by atoms with Gasteiger partial charge in [-0.25, -0.2) is 4.79 Å². The highest BCUT2D eigenvalue weighted by Gasteiger charge is 2.33. The summed E-state index contributed by atoms with van der Waals surface area (Å²) < 4.78 is 8.45. The largest absolute Gasteiger partial charge is 0.355 e. The van der Waals surface area contributed by atoms with Gasteiger partial charge in [-0.15, -0.1) is 5.06 Å². The first-order valence-corrected chi connectivity index (χ1v) is 9.53. The molecule has 0 aromatic heterocycles. The zero-order valence-electron chi connectivity index (χ0n) is 17.3. The number of hydrogen-bond donors (Lipinski definition) is 2. The highest BCUT2D eigenvalue weighted by molar-refractivity contribution is 6.01. The fraction of sp³-hybridized carbons (Fsp3) is 0.722. The van der Waals surface area contributed by atoms with Crippen LogP contribution in [0.4, 0.5) is 0 Å². The maximum atomic E-state index is 12.4. The summed E-state index contributed by atoms with van der Waals surface area (Å²) in [5.74, 6) is -2.71. The van der Waals surface area contributed by atoms with E-state index in [4.69, 9.17) is 1.37 Å². The molecule has 156 valence electrons. The number of nitrogens with one attached hydrogen (secondary N) is 2. The predicted octanol–water partition coefficient (Wildman–Crippen LogP) is -0.521. The lowest BCUT2D eigenvalue weighted by Crippen LogP contribution is -2.46. The van der Waals surface area contributed by atoms with Crippen LogP contribution < -0.4 is 10.6 Å². The first-order chi connectivity index (χ1) is 13.6. The molecule has 0 bridgehead atoms. The third-order valence-corrected chi connectivity index (χ3v) is 4.53. The average molecular weight is 397 g/mol. The Balaban J connectivity index is 1.63. The van der Waals surface area contributed by atoms with Crippen molar-refractivity contribution in [1.82, 2.24) is 20.6 Å². The summed E-state index contributed by atoms with van der Waals surface area (Å²) in [6.07, 6.45) is 1.07. The number of nitrogens with zero attached hydrogens (tertiary/aromatic N) is 2. The number of hydroxylamine groups is 2. The van der Waals surface area contributed by atoms with Crippen LogP contribution in [-0.2, 0) is 28.8 Å². The third kappa shape index (κ3) is 6.01. The Bertz CT molecular complexity index is 669. The Morgan fingerprint density at radius 1 is 1.14 bits per heavy atom. The molecular weight excluding hydrogens is 368 g/mol. The average Bonchev–Trinajstić information content (AvgIpc) is 3.20. The lowest BCUT2D eigenvalue weighted by molar-refractivity contribution is -0.197. The maximum Gasteiger partial charge on any atom is 0.334 e. The molecule has 1 unspecified atom stereocenters. The molecule has 0 spiro atoms. The third-order valence-electron chi connectivity index (χ3n) is 4.53. The van der Waals surface area contributed by atoms with Crippen LogP contribution in [0.25, 0.3) is 0 Å². The summed E-state index contributed by atoms with van der Waals surface area (Å²) in [6.45, 7) is 4.63. The molecule has 10 heteroatoms. The van der Waals surface area contributed by atoms with Gasteiger partial charge in [-0.2, -0.15) is 0 Å². The van der Waals surface area contributed by atoms with E-state index in [0.29, 0.717) is 18.0 Å². The summed E-state index contributed by atoms with van der Waals surface area (Å²) in [7, 11) is 0. The lowest BCUT2D eigenvalue weighted by atomic mass is 10.2. The maximum absolute atomic E-state index is 12.4. The van der Waals surface area contributed by atoms with Gasteiger partial charge < -0.3 is 15.5 Å². The Morgan fingerprint density at radius 2 is 1.79 bits per heavy atom. The molecule has 4 amide bonds. The van der Waals surface area contributed by atoms with E-state index in [1.807, 2.05) is 18.7 Å². The highest BCUT2D eigenvalue weighted by atomic mass is 16.7. The van der Waals surface area contributed by atoms with E-state index in [0.717, 1.165) is 6.42 Å². The van der Waals surface area contributed by atoms with Crippen molar-refractivity contribution in [2.24, 2.45) is 0 Å². The zero-order valence-corrected chi connectivity index (χ0v) is 16.3. The van der Waals surface area contributed by atoms with Crippen LogP contribution in [-0.4, -0.2) is 71.3 Å². The van der Waals surface area contributed by atoms with Crippen molar-refractivity contribution < 1.29 is 30.2 Å². The van der Waals surface area contributed by atoms with Crippen LogP contribution in [0.1, 0.15) is 53.7 Å². The Kier molecular flexibility index (Phi) is 7.35. The quantitative estimate of drug-likeness (QED) is 0.502. The number of imide groups is 1. The standard InChI is InChI=1S/C18H28N4O6/c1-12(2)21-11-3-4-13(21)18(27)20-9-7-14(23)19-10-8-17(26)28-22-15(24)5-6-16(22)25/h12-13H,3-11H2,1-2H3,(H,19,23)(H,20,27)/i13D. The second-order valence-electron chi connectivity index (χ2n) is 6.99. The molecule has 2 saturated heterocycles. The summed E-state index contributed by atoms with van der Waals surface area (Å²) in [6, 6.07) is -1.23. The minimum Gasteiger partial charge on any atom is -0.355 e. The molecule has 0 aromatic carbocycles. The number of likely N-dealkylation sites (tertiary alicyclic amines) is 1. The first kappa shape index (κ1) is 20.2. The van der Waals surface area contributed by atoms with E-state index >= 15 is 0 Å². The minimum absolute atomic E-state index is 0.00163. The van der Waals surface area contributed by atoms with Crippen LogP contribution in [0.2, 0.25) is 0 Å². The van der Waals surface area contributed by atoms with Crippen molar-refractivity contribution in [3.05, 3.63) is 0 Å². The van der Waals surface area contributed by atoms with Gasteiger partial charge in [-0.1, -0.05) is 0 Å². The van der Waals surface area contributed by atoms with E-state index in [9.17, 15) is 24.0 Å². The monoisotopic (exact) mass is 397 g/mol. The van der Waals surface area contributed by atoms with E-state index in [2.05, 4.69) is 15.5 Å². The van der Waals surface area contributed by atoms with Crippen LogP contribution in [0.15, 0.2) is 0 Å². The fourth-order valence-corrected chi connectivity index (χ4v) is 3.10. The molecule has 2 aliphatic heterocycles. The van der Waals surface area contributed by atoms with Gasteiger partial charge in [0.2, 0.25) is 11.8 Å². The van der Waals surface area contributed by atoms with Gasteiger partial charge in [0.05, 0.1) is 13.8 Å². The van der Waals surface area contributed by atoms with E-state index in [1.165, 1.54) is 0 Å². The first-order valence-electron chi connectivity index (χ1n) is 10.0. The van der Waals surface area contributed by atoms with Gasteiger partial charge in [-0.05, 0) is 33.2 Å². The molecule has 2 fully saturated rings. The molecule has 28 heavy (non-hydrogen) atoms. The smallest absolute Gasteiger partial charge is 0.334 e. The second-order valence-corrected chi connectivity index (χ2v) is 6.99. The normalized spacial score (nSPS) is 23.1. The molecule has 1 atom stereocenters. The van der Waals surface area contributed by atoms with Gasteiger partial charge in [0.25, 0.3) is 11.8 Å². The Morgan fingerprint density at radius 3 is 2.43 bits per heavy atom. The van der Waals surface area contributed by atoms with Crippen molar-refractivity contribution >= 4 is 29.6 Å². The molecule has 0 aromatic rings. The van der Waals surface area contributed by atoms with Crippen LogP contribution in [0.3, 0.4) is 0 Å². The number of amides is 4. The Labute approximate surface area is 165 Å².